The Balaban J connectivity index is 2.77. The van der Waals surface area contributed by atoms with Crippen molar-refractivity contribution in [3.05, 3.63) is 0 Å². The molecule has 1 fully saturated rings. The predicted octanol–water partition coefficient (Wildman–Crippen LogP) is 3.75. The zero-order valence-corrected chi connectivity index (χ0v) is 14.6. The fraction of sp³-hybridized carbons (Fsp3) is 0.867. The van der Waals surface area contributed by atoms with Crippen LogP contribution in [0.3, 0.4) is 0 Å². The smallest absolute Gasteiger partial charge is 0.426 e. The Kier molecular flexibility index (Phi) is 6.27. The van der Waals surface area contributed by atoms with Gasteiger partial charge in [0.05, 0.1) is 5.41 Å². The summed E-state index contributed by atoms with van der Waals surface area (Å²) in [4.78, 5) is 23.3. The van der Waals surface area contributed by atoms with Crippen molar-refractivity contribution in [3.8, 4) is 0 Å². The maximum absolute atomic E-state index is 13.0. The van der Waals surface area contributed by atoms with Crippen molar-refractivity contribution in [2.75, 3.05) is 6.61 Å². The molecule has 0 aromatic rings. The van der Waals surface area contributed by atoms with Gasteiger partial charge in [-0.15, -0.1) is 0 Å². The van der Waals surface area contributed by atoms with E-state index in [1.807, 2.05) is 0 Å². The first-order chi connectivity index (χ1) is 11.6. The van der Waals surface area contributed by atoms with Crippen LogP contribution in [-0.2, 0) is 23.8 Å². The van der Waals surface area contributed by atoms with Gasteiger partial charge in [0.2, 0.25) is 6.29 Å². The lowest BCUT2D eigenvalue weighted by atomic mass is 9.91. The summed E-state index contributed by atoms with van der Waals surface area (Å²) in [5, 5.41) is 0. The summed E-state index contributed by atoms with van der Waals surface area (Å²) in [6.45, 7) is 4.87. The van der Waals surface area contributed by atoms with Crippen molar-refractivity contribution in [1.82, 2.24) is 0 Å². The van der Waals surface area contributed by atoms with E-state index >= 15 is 0 Å². The average molecular weight is 394 g/mol. The van der Waals surface area contributed by atoms with E-state index in [4.69, 9.17) is 0 Å². The molecule has 0 N–H and O–H groups in total. The average Bonchev–Trinajstić information content (AvgIpc) is 2.82. The number of hydrogen-bond acceptors (Lipinski definition) is 5. The van der Waals surface area contributed by atoms with E-state index < -0.39 is 60.5 Å². The Morgan fingerprint density at radius 1 is 1.12 bits per heavy atom. The van der Waals surface area contributed by atoms with E-state index in [1.165, 1.54) is 0 Å². The summed E-state index contributed by atoms with van der Waals surface area (Å²) in [5.74, 6) is -3.43. The molecule has 0 aromatic carbocycles. The molecule has 26 heavy (non-hydrogen) atoms. The minimum Gasteiger partial charge on any atom is -0.453 e. The molecule has 0 aromatic heterocycles. The highest BCUT2D eigenvalue weighted by Gasteiger charge is 2.76. The van der Waals surface area contributed by atoms with Gasteiger partial charge in [-0.3, -0.25) is 4.79 Å². The van der Waals surface area contributed by atoms with Gasteiger partial charge in [0.25, 0.3) is 5.60 Å². The van der Waals surface area contributed by atoms with Gasteiger partial charge in [-0.05, 0) is 20.3 Å². The minimum absolute atomic E-state index is 0.392. The summed E-state index contributed by atoms with van der Waals surface area (Å²) >= 11 is 0. The third-order valence-electron chi connectivity index (χ3n) is 4.31. The van der Waals surface area contributed by atoms with Crippen molar-refractivity contribution >= 4 is 11.9 Å². The van der Waals surface area contributed by atoms with E-state index in [0.29, 0.717) is 6.42 Å². The molecule has 1 aliphatic heterocycles. The van der Waals surface area contributed by atoms with E-state index in [0.717, 1.165) is 6.92 Å². The third kappa shape index (κ3) is 4.41. The minimum atomic E-state index is -5.74. The molecule has 0 radical (unpaired) electrons. The van der Waals surface area contributed by atoms with E-state index in [2.05, 4.69) is 14.2 Å². The molecular formula is C15H20F6O5. The molecule has 0 bridgehead atoms. The highest BCUT2D eigenvalue weighted by Crippen LogP contribution is 2.54. The predicted molar refractivity (Wildman–Crippen MR) is 74.6 cm³/mol. The fourth-order valence-electron chi connectivity index (χ4n) is 2.21. The lowest BCUT2D eigenvalue weighted by Gasteiger charge is -2.32. The largest absolute Gasteiger partial charge is 0.453 e. The SMILES string of the molecule is CCC(C)(C)C(=O)OCC(=O)OC1OC(C(F)(F)F)(C(F)(F)F)CC1C. The first-order valence-corrected chi connectivity index (χ1v) is 7.75. The number of esters is 2. The van der Waals surface area contributed by atoms with Crippen LogP contribution in [0.1, 0.15) is 40.5 Å². The second-order valence-corrected chi connectivity index (χ2v) is 6.79. The highest BCUT2D eigenvalue weighted by atomic mass is 19.4. The standard InChI is InChI=1S/C15H20F6O5/c1-5-12(3,4)11(23)24-7-9(22)25-10-8(2)6-13(26-10,14(16,17)18)15(19,20)21/h8,10H,5-7H2,1-4H3. The fourth-order valence-corrected chi connectivity index (χ4v) is 2.21. The van der Waals surface area contributed by atoms with Gasteiger partial charge in [0.1, 0.15) is 0 Å². The van der Waals surface area contributed by atoms with Crippen LogP contribution in [0, 0.1) is 11.3 Å². The van der Waals surface area contributed by atoms with Crippen LogP contribution in [0.5, 0.6) is 0 Å². The van der Waals surface area contributed by atoms with Gasteiger partial charge in [0.15, 0.2) is 6.61 Å². The molecule has 0 amide bonds. The number of rotatable bonds is 5. The van der Waals surface area contributed by atoms with E-state index in [-0.39, 0.29) is 0 Å². The topological polar surface area (TPSA) is 61.8 Å². The van der Waals surface area contributed by atoms with E-state index in [1.54, 1.807) is 20.8 Å². The lowest BCUT2D eigenvalue weighted by Crippen LogP contribution is -2.57. The molecule has 0 spiro atoms. The van der Waals surface area contributed by atoms with Crippen LogP contribution < -0.4 is 0 Å². The zero-order chi connectivity index (χ0) is 20.6. The summed E-state index contributed by atoms with van der Waals surface area (Å²) in [6, 6.07) is 0. The number of carbonyl (C=O) groups excluding carboxylic acids is 2. The van der Waals surface area contributed by atoms with Gasteiger partial charge < -0.3 is 14.2 Å². The summed E-state index contributed by atoms with van der Waals surface area (Å²) < 4.78 is 91.1. The van der Waals surface area contributed by atoms with Crippen molar-refractivity contribution in [2.24, 2.45) is 11.3 Å². The van der Waals surface area contributed by atoms with Crippen molar-refractivity contribution in [2.45, 2.75) is 64.8 Å². The molecule has 5 nitrogen and oxygen atoms in total. The molecule has 1 rings (SSSR count). The second kappa shape index (κ2) is 7.24. The molecule has 0 saturated carbocycles. The number of alkyl halides is 6. The van der Waals surface area contributed by atoms with Gasteiger partial charge in [-0.25, -0.2) is 4.79 Å². The van der Waals surface area contributed by atoms with Crippen LogP contribution in [-0.4, -0.2) is 42.8 Å². The molecule has 0 aliphatic carbocycles. The molecule has 2 unspecified atom stereocenters. The summed E-state index contributed by atoms with van der Waals surface area (Å²) in [6.07, 6.45) is -14.6. The first-order valence-electron chi connectivity index (χ1n) is 7.75. The van der Waals surface area contributed by atoms with Crippen LogP contribution in [0.4, 0.5) is 26.3 Å². The van der Waals surface area contributed by atoms with Crippen molar-refractivity contribution in [1.29, 1.82) is 0 Å². The lowest BCUT2D eigenvalue weighted by molar-refractivity contribution is -0.385. The molecule has 1 heterocycles. The third-order valence-corrected chi connectivity index (χ3v) is 4.31. The normalized spacial score (nSPS) is 23.6. The Morgan fingerprint density at radius 2 is 1.62 bits per heavy atom. The first kappa shape index (κ1) is 22.5. The van der Waals surface area contributed by atoms with Crippen LogP contribution in [0.2, 0.25) is 0 Å². The number of carbonyl (C=O) groups is 2. The highest BCUT2D eigenvalue weighted by molar-refractivity contribution is 5.79. The van der Waals surface area contributed by atoms with Gasteiger partial charge in [-0.1, -0.05) is 13.8 Å². The molecule has 2 atom stereocenters. The van der Waals surface area contributed by atoms with Crippen molar-refractivity contribution < 1.29 is 50.1 Å². The molecule has 152 valence electrons. The molecular weight excluding hydrogens is 374 g/mol. The maximum Gasteiger partial charge on any atom is 0.426 e. The van der Waals surface area contributed by atoms with Crippen LogP contribution >= 0.6 is 0 Å². The van der Waals surface area contributed by atoms with E-state index in [9.17, 15) is 35.9 Å². The molecule has 1 aliphatic rings. The van der Waals surface area contributed by atoms with Crippen LogP contribution in [0.15, 0.2) is 0 Å². The summed E-state index contributed by atoms with van der Waals surface area (Å²) in [5.41, 5.74) is -5.32. The zero-order valence-electron chi connectivity index (χ0n) is 14.6. The number of ether oxygens (including phenoxy) is 3. The van der Waals surface area contributed by atoms with Gasteiger partial charge >= 0.3 is 24.3 Å². The van der Waals surface area contributed by atoms with Gasteiger partial charge in [0, 0.05) is 12.3 Å². The van der Waals surface area contributed by atoms with Gasteiger partial charge in [-0.2, -0.15) is 26.3 Å². The molecule has 11 heteroatoms. The Labute approximate surface area is 145 Å². The Morgan fingerprint density at radius 3 is 2.00 bits per heavy atom. The maximum atomic E-state index is 13.0. The Hall–Kier alpha value is -1.52. The summed E-state index contributed by atoms with van der Waals surface area (Å²) in [7, 11) is 0. The monoisotopic (exact) mass is 394 g/mol. The number of halogens is 6. The second-order valence-electron chi connectivity index (χ2n) is 6.79. The molecule has 1 saturated heterocycles. The van der Waals surface area contributed by atoms with Crippen LogP contribution in [0.25, 0.3) is 0 Å². The Bertz CT molecular complexity index is 526. The number of hydrogen-bond donors (Lipinski definition) is 0. The quantitative estimate of drug-likeness (QED) is 0.525. The van der Waals surface area contributed by atoms with Crippen molar-refractivity contribution in [3.63, 3.8) is 0 Å².